The Morgan fingerprint density at radius 1 is 1.33 bits per heavy atom. The molecule has 1 aromatic carbocycles. The van der Waals surface area contributed by atoms with Crippen LogP contribution in [0.2, 0.25) is 0 Å². The predicted octanol–water partition coefficient (Wildman–Crippen LogP) is 3.81. The summed E-state index contributed by atoms with van der Waals surface area (Å²) in [5, 5.41) is 4.30. The largest absolute Gasteiger partial charge is 0.378 e. The van der Waals surface area contributed by atoms with Gasteiger partial charge in [0, 0.05) is 60.9 Å². The Hall–Kier alpha value is -0.190. The lowest BCUT2D eigenvalue weighted by Gasteiger charge is -2.35. The predicted molar refractivity (Wildman–Crippen MR) is 131 cm³/mol. The second-order valence-electron chi connectivity index (χ2n) is 6.62. The molecule has 27 heavy (non-hydrogen) atoms. The number of halogens is 2. The minimum absolute atomic E-state index is 0. The number of thioether (sulfide) groups is 1. The highest BCUT2D eigenvalue weighted by molar-refractivity contribution is 14.0. The quantitative estimate of drug-likeness (QED) is 0.340. The molecule has 2 aliphatic heterocycles. The van der Waals surface area contributed by atoms with Crippen molar-refractivity contribution in [3.05, 3.63) is 28.2 Å². The van der Waals surface area contributed by atoms with Gasteiger partial charge in [-0.15, -0.1) is 24.0 Å². The minimum Gasteiger partial charge on any atom is -0.378 e. The van der Waals surface area contributed by atoms with E-state index in [-0.39, 0.29) is 24.0 Å². The summed E-state index contributed by atoms with van der Waals surface area (Å²) in [6.45, 7) is 8.69. The molecule has 2 aliphatic rings. The highest BCUT2D eigenvalue weighted by atomic mass is 127. The SMILES string of the molecule is CCC1CN(C(=NC)NCc2ccc(Br)cc2N2CCOCC2)CCS1.I. The molecule has 0 aliphatic carbocycles. The molecule has 152 valence electrons. The summed E-state index contributed by atoms with van der Waals surface area (Å²) in [5.41, 5.74) is 2.58. The molecule has 1 aromatic rings. The average molecular weight is 569 g/mol. The van der Waals surface area contributed by atoms with Crippen molar-refractivity contribution in [2.24, 2.45) is 4.99 Å². The number of hydrogen-bond donors (Lipinski definition) is 1. The number of nitrogens with one attached hydrogen (secondary N) is 1. The normalized spacial score (nSPS) is 21.0. The third kappa shape index (κ3) is 6.40. The number of anilines is 1. The van der Waals surface area contributed by atoms with Gasteiger partial charge in [-0.2, -0.15) is 11.8 Å². The molecular weight excluding hydrogens is 539 g/mol. The highest BCUT2D eigenvalue weighted by Gasteiger charge is 2.22. The number of benzene rings is 1. The van der Waals surface area contributed by atoms with E-state index in [0.29, 0.717) is 5.25 Å². The maximum atomic E-state index is 5.51. The molecule has 5 nitrogen and oxygen atoms in total. The van der Waals surface area contributed by atoms with Crippen LogP contribution in [0.3, 0.4) is 0 Å². The Labute approximate surface area is 192 Å². The Morgan fingerprint density at radius 3 is 2.81 bits per heavy atom. The molecule has 1 unspecified atom stereocenters. The van der Waals surface area contributed by atoms with Gasteiger partial charge in [0.15, 0.2) is 5.96 Å². The van der Waals surface area contributed by atoms with Gasteiger partial charge in [-0.1, -0.05) is 28.9 Å². The van der Waals surface area contributed by atoms with E-state index in [1.807, 2.05) is 7.05 Å². The van der Waals surface area contributed by atoms with E-state index in [1.165, 1.54) is 23.4 Å². The van der Waals surface area contributed by atoms with Gasteiger partial charge in [0.05, 0.1) is 13.2 Å². The summed E-state index contributed by atoms with van der Waals surface area (Å²) in [6.07, 6.45) is 1.21. The van der Waals surface area contributed by atoms with Crippen LogP contribution in [0.1, 0.15) is 18.9 Å². The van der Waals surface area contributed by atoms with E-state index in [0.717, 1.165) is 56.4 Å². The summed E-state index contributed by atoms with van der Waals surface area (Å²) in [7, 11) is 1.88. The van der Waals surface area contributed by atoms with Crippen molar-refractivity contribution >= 4 is 63.3 Å². The first kappa shape index (κ1) is 23.1. The van der Waals surface area contributed by atoms with Crippen LogP contribution in [0.4, 0.5) is 5.69 Å². The van der Waals surface area contributed by atoms with Crippen molar-refractivity contribution < 1.29 is 4.74 Å². The van der Waals surface area contributed by atoms with Crippen LogP contribution in [0.5, 0.6) is 0 Å². The molecule has 0 amide bonds. The van der Waals surface area contributed by atoms with Crippen LogP contribution in [-0.2, 0) is 11.3 Å². The van der Waals surface area contributed by atoms with Crippen LogP contribution in [0.25, 0.3) is 0 Å². The van der Waals surface area contributed by atoms with Crippen LogP contribution < -0.4 is 10.2 Å². The van der Waals surface area contributed by atoms with Crippen LogP contribution >= 0.6 is 51.7 Å². The summed E-state index contributed by atoms with van der Waals surface area (Å²) in [6, 6.07) is 6.54. The first-order valence-corrected chi connectivity index (χ1v) is 11.2. The van der Waals surface area contributed by atoms with Crippen molar-refractivity contribution in [2.75, 3.05) is 57.1 Å². The zero-order valence-corrected chi connectivity index (χ0v) is 20.9. The number of hydrogen-bond acceptors (Lipinski definition) is 4. The van der Waals surface area contributed by atoms with Gasteiger partial charge < -0.3 is 19.9 Å². The standard InChI is InChI=1S/C19H29BrN4OS.HI/c1-3-17-14-24(8-11-26-17)19(21-2)22-13-15-4-5-16(20)12-18(15)23-6-9-25-10-7-23;/h4-5,12,17H,3,6-11,13-14H2,1-2H3,(H,21,22);1H. The van der Waals surface area contributed by atoms with Gasteiger partial charge in [-0.05, 0) is 24.1 Å². The Morgan fingerprint density at radius 2 is 2.11 bits per heavy atom. The average Bonchev–Trinajstić information content (AvgIpc) is 2.70. The smallest absolute Gasteiger partial charge is 0.193 e. The lowest BCUT2D eigenvalue weighted by molar-refractivity contribution is 0.122. The first-order valence-electron chi connectivity index (χ1n) is 9.39. The Kier molecular flexibility index (Phi) is 10.0. The van der Waals surface area contributed by atoms with E-state index >= 15 is 0 Å². The maximum absolute atomic E-state index is 5.51. The van der Waals surface area contributed by atoms with E-state index in [9.17, 15) is 0 Å². The molecule has 3 rings (SSSR count). The summed E-state index contributed by atoms with van der Waals surface area (Å²) >= 11 is 5.71. The van der Waals surface area contributed by atoms with Gasteiger partial charge in [0.25, 0.3) is 0 Å². The molecule has 2 saturated heterocycles. The zero-order valence-electron chi connectivity index (χ0n) is 16.1. The molecule has 0 bridgehead atoms. The molecule has 1 atom stereocenters. The number of guanidine groups is 1. The Bertz CT molecular complexity index is 628. The molecule has 0 radical (unpaired) electrons. The summed E-state index contributed by atoms with van der Waals surface area (Å²) < 4.78 is 6.63. The second kappa shape index (κ2) is 11.7. The van der Waals surface area contributed by atoms with Crippen LogP contribution in [0, 0.1) is 0 Å². The summed E-state index contributed by atoms with van der Waals surface area (Å²) in [4.78, 5) is 9.35. The van der Waals surface area contributed by atoms with Gasteiger partial charge >= 0.3 is 0 Å². The van der Waals surface area contributed by atoms with Crippen LogP contribution in [-0.4, -0.2) is 68.3 Å². The Balaban J connectivity index is 0.00000261. The number of morpholine rings is 1. The summed E-state index contributed by atoms with van der Waals surface area (Å²) in [5.74, 6) is 2.19. The zero-order chi connectivity index (χ0) is 18.4. The fourth-order valence-corrected chi connectivity index (χ4v) is 4.98. The fraction of sp³-hybridized carbons (Fsp3) is 0.632. The molecule has 0 saturated carbocycles. The number of rotatable bonds is 4. The van der Waals surface area contributed by atoms with Crippen molar-refractivity contribution in [1.29, 1.82) is 0 Å². The molecule has 2 heterocycles. The van der Waals surface area contributed by atoms with E-state index < -0.39 is 0 Å². The lowest BCUT2D eigenvalue weighted by atomic mass is 10.1. The number of nitrogens with zero attached hydrogens (tertiary/aromatic N) is 3. The third-order valence-corrected chi connectivity index (χ3v) is 6.81. The second-order valence-corrected chi connectivity index (χ2v) is 8.94. The number of aliphatic imine (C=N–C) groups is 1. The van der Waals surface area contributed by atoms with Crippen molar-refractivity contribution in [1.82, 2.24) is 10.2 Å². The van der Waals surface area contributed by atoms with Gasteiger partial charge in [-0.25, -0.2) is 0 Å². The van der Waals surface area contributed by atoms with E-state index in [1.54, 1.807) is 0 Å². The van der Waals surface area contributed by atoms with Gasteiger partial charge in [-0.3, -0.25) is 4.99 Å². The topological polar surface area (TPSA) is 40.1 Å². The molecule has 0 spiro atoms. The van der Waals surface area contributed by atoms with Crippen molar-refractivity contribution in [3.8, 4) is 0 Å². The third-order valence-electron chi connectivity index (χ3n) is 4.94. The van der Waals surface area contributed by atoms with Crippen molar-refractivity contribution in [3.63, 3.8) is 0 Å². The van der Waals surface area contributed by atoms with E-state index in [4.69, 9.17) is 4.74 Å². The van der Waals surface area contributed by atoms with Crippen molar-refractivity contribution in [2.45, 2.75) is 25.1 Å². The van der Waals surface area contributed by atoms with Crippen LogP contribution in [0.15, 0.2) is 27.7 Å². The van der Waals surface area contributed by atoms with Gasteiger partial charge in [0.1, 0.15) is 0 Å². The molecule has 1 N–H and O–H groups in total. The first-order chi connectivity index (χ1) is 12.7. The monoisotopic (exact) mass is 568 g/mol. The molecule has 2 fully saturated rings. The fourth-order valence-electron chi connectivity index (χ4n) is 3.45. The highest BCUT2D eigenvalue weighted by Crippen LogP contribution is 2.26. The van der Waals surface area contributed by atoms with E-state index in [2.05, 4.69) is 72.9 Å². The molecule has 0 aromatic heterocycles. The lowest BCUT2D eigenvalue weighted by Crippen LogP contribution is -2.47. The minimum atomic E-state index is 0. The van der Waals surface area contributed by atoms with Gasteiger partial charge in [0.2, 0.25) is 0 Å². The maximum Gasteiger partial charge on any atom is 0.193 e. The number of ether oxygens (including phenoxy) is 1. The molecular formula is C19H30BrIN4OS. The molecule has 8 heteroatoms.